The Kier molecular flexibility index (Phi) is 4.35. The largest absolute Gasteiger partial charge is 0.480 e. The first-order chi connectivity index (χ1) is 9.77. The van der Waals surface area contributed by atoms with Crippen molar-refractivity contribution in [2.45, 2.75) is 50.4 Å². The van der Waals surface area contributed by atoms with Gasteiger partial charge >= 0.3 is 5.97 Å². The Balaban J connectivity index is 2.37. The van der Waals surface area contributed by atoms with Gasteiger partial charge in [0.05, 0.1) is 6.10 Å². The topological polar surface area (TPSA) is 113 Å². The van der Waals surface area contributed by atoms with Gasteiger partial charge in [-0.1, -0.05) is 6.92 Å². The van der Waals surface area contributed by atoms with Gasteiger partial charge < -0.3 is 14.8 Å². The second-order valence-electron chi connectivity index (χ2n) is 5.14. The van der Waals surface area contributed by atoms with Gasteiger partial charge in [-0.25, -0.2) is 13.4 Å². The first kappa shape index (κ1) is 15.9. The minimum absolute atomic E-state index is 0.108. The van der Waals surface area contributed by atoms with Gasteiger partial charge in [0.1, 0.15) is 11.9 Å². The molecule has 0 amide bonds. The fourth-order valence-electron chi connectivity index (χ4n) is 2.47. The molecule has 118 valence electrons. The molecule has 8 nitrogen and oxygen atoms in total. The molecule has 1 saturated heterocycles. The first-order valence-corrected chi connectivity index (χ1v) is 8.17. The number of nitrogens with zero attached hydrogens (tertiary/aromatic N) is 3. The fourth-order valence-corrected chi connectivity index (χ4v) is 4.09. The summed E-state index contributed by atoms with van der Waals surface area (Å²) in [5.74, 6) is -0.707. The maximum absolute atomic E-state index is 12.5. The van der Waals surface area contributed by atoms with Gasteiger partial charge in [0.2, 0.25) is 0 Å². The normalized spacial score (nSPS) is 23.6. The van der Waals surface area contributed by atoms with E-state index >= 15 is 0 Å². The predicted octanol–water partition coefficient (Wildman–Crippen LogP) is -0.190. The summed E-state index contributed by atoms with van der Waals surface area (Å²) in [4.78, 5) is 15.2. The van der Waals surface area contributed by atoms with E-state index in [4.69, 9.17) is 5.11 Å². The van der Waals surface area contributed by atoms with Crippen LogP contribution >= 0.6 is 0 Å². The van der Waals surface area contributed by atoms with Gasteiger partial charge in [0, 0.05) is 25.7 Å². The first-order valence-electron chi connectivity index (χ1n) is 6.73. The number of imidazole rings is 1. The minimum atomic E-state index is -4.03. The molecule has 2 heterocycles. The summed E-state index contributed by atoms with van der Waals surface area (Å²) in [7, 11) is -4.03. The number of aliphatic hydroxyl groups is 1. The Hall–Kier alpha value is -1.45. The Morgan fingerprint density at radius 1 is 1.52 bits per heavy atom. The highest BCUT2D eigenvalue weighted by Gasteiger charge is 2.44. The average molecular weight is 317 g/mol. The zero-order chi connectivity index (χ0) is 15.8. The van der Waals surface area contributed by atoms with E-state index in [1.807, 2.05) is 6.92 Å². The molecule has 1 aliphatic heterocycles. The number of aryl methyl sites for hydroxylation is 2. The van der Waals surface area contributed by atoms with Crippen LogP contribution in [0, 0.1) is 6.92 Å². The molecule has 1 unspecified atom stereocenters. The van der Waals surface area contributed by atoms with Gasteiger partial charge in [0.15, 0.2) is 5.03 Å². The molecule has 1 aromatic rings. The van der Waals surface area contributed by atoms with E-state index in [1.165, 1.54) is 6.20 Å². The smallest absolute Gasteiger partial charge is 0.322 e. The Labute approximate surface area is 123 Å². The summed E-state index contributed by atoms with van der Waals surface area (Å²) in [6, 6.07) is -1.25. The molecule has 9 heteroatoms. The summed E-state index contributed by atoms with van der Waals surface area (Å²) in [6.07, 6.45) is 1.16. The number of β-amino-alcohol motifs (C(OH)–C–C–N with tert-alkyl or cyclic N) is 1. The number of hydrogen-bond acceptors (Lipinski definition) is 5. The third-order valence-corrected chi connectivity index (χ3v) is 5.26. The third kappa shape index (κ3) is 2.94. The van der Waals surface area contributed by atoms with Crippen molar-refractivity contribution in [2.75, 3.05) is 6.54 Å². The summed E-state index contributed by atoms with van der Waals surface area (Å²) < 4.78 is 27.6. The average Bonchev–Trinajstić information content (AvgIpc) is 2.95. The van der Waals surface area contributed by atoms with Crippen molar-refractivity contribution in [1.29, 1.82) is 0 Å². The van der Waals surface area contributed by atoms with Crippen molar-refractivity contribution in [3.05, 3.63) is 12.0 Å². The highest BCUT2D eigenvalue weighted by Crippen LogP contribution is 2.26. The number of rotatable bonds is 5. The number of carboxylic acids is 1. The molecule has 0 aromatic carbocycles. The highest BCUT2D eigenvalue weighted by atomic mass is 32.2. The van der Waals surface area contributed by atoms with Crippen LogP contribution in [0.15, 0.2) is 11.2 Å². The number of hydrogen-bond donors (Lipinski definition) is 2. The number of aromatic nitrogens is 2. The lowest BCUT2D eigenvalue weighted by Crippen LogP contribution is -2.40. The third-order valence-electron chi connectivity index (χ3n) is 3.51. The Morgan fingerprint density at radius 2 is 2.19 bits per heavy atom. The SMILES string of the molecule is CCCn1cc(S(=O)(=O)N2CC(O)C[C@H]2C(=O)O)nc1C. The van der Waals surface area contributed by atoms with Crippen molar-refractivity contribution < 1.29 is 23.4 Å². The van der Waals surface area contributed by atoms with Gasteiger partial charge in [-0.15, -0.1) is 0 Å². The molecule has 2 rings (SSSR count). The molecule has 0 spiro atoms. The predicted molar refractivity (Wildman–Crippen MR) is 73.2 cm³/mol. The van der Waals surface area contributed by atoms with Gasteiger partial charge in [0.25, 0.3) is 10.0 Å². The maximum atomic E-state index is 12.5. The highest BCUT2D eigenvalue weighted by molar-refractivity contribution is 7.89. The molecule has 1 aliphatic rings. The fraction of sp³-hybridized carbons (Fsp3) is 0.667. The van der Waals surface area contributed by atoms with Crippen LogP contribution in [0.4, 0.5) is 0 Å². The van der Waals surface area contributed by atoms with Crippen molar-refractivity contribution >= 4 is 16.0 Å². The molecular formula is C12H19N3O5S. The van der Waals surface area contributed by atoms with E-state index in [2.05, 4.69) is 4.98 Å². The van der Waals surface area contributed by atoms with Crippen LogP contribution in [-0.2, 0) is 21.4 Å². The second-order valence-corrected chi connectivity index (χ2v) is 6.98. The van der Waals surface area contributed by atoms with E-state index in [0.29, 0.717) is 12.4 Å². The van der Waals surface area contributed by atoms with Crippen LogP contribution in [0.1, 0.15) is 25.6 Å². The van der Waals surface area contributed by atoms with E-state index in [1.54, 1.807) is 11.5 Å². The monoisotopic (exact) mass is 317 g/mol. The molecular weight excluding hydrogens is 298 g/mol. The van der Waals surface area contributed by atoms with Gasteiger partial charge in [-0.05, 0) is 13.3 Å². The molecule has 2 N–H and O–H groups in total. The maximum Gasteiger partial charge on any atom is 0.322 e. The summed E-state index contributed by atoms with van der Waals surface area (Å²) in [6.45, 7) is 4.07. The molecule has 1 fully saturated rings. The summed E-state index contributed by atoms with van der Waals surface area (Å²) in [5.41, 5.74) is 0. The number of carboxylic acid groups (broad SMARTS) is 1. The summed E-state index contributed by atoms with van der Waals surface area (Å²) >= 11 is 0. The zero-order valence-corrected chi connectivity index (χ0v) is 12.7. The summed E-state index contributed by atoms with van der Waals surface area (Å²) in [5, 5.41) is 18.5. The van der Waals surface area contributed by atoms with E-state index in [0.717, 1.165) is 10.7 Å². The van der Waals surface area contributed by atoms with Crippen LogP contribution in [-0.4, -0.2) is 57.1 Å². The zero-order valence-electron chi connectivity index (χ0n) is 11.9. The van der Waals surface area contributed by atoms with Crippen LogP contribution in [0.3, 0.4) is 0 Å². The quantitative estimate of drug-likeness (QED) is 0.778. The number of aliphatic hydroxyl groups excluding tert-OH is 1. The van der Waals surface area contributed by atoms with Crippen LogP contribution < -0.4 is 0 Å². The van der Waals surface area contributed by atoms with Crippen LogP contribution in [0.5, 0.6) is 0 Å². The Morgan fingerprint density at radius 3 is 2.76 bits per heavy atom. The minimum Gasteiger partial charge on any atom is -0.480 e. The lowest BCUT2D eigenvalue weighted by Gasteiger charge is -2.19. The molecule has 0 aliphatic carbocycles. The van der Waals surface area contributed by atoms with E-state index < -0.39 is 28.1 Å². The van der Waals surface area contributed by atoms with Crippen LogP contribution in [0.2, 0.25) is 0 Å². The van der Waals surface area contributed by atoms with Crippen molar-refractivity contribution in [3.63, 3.8) is 0 Å². The molecule has 0 saturated carbocycles. The van der Waals surface area contributed by atoms with Gasteiger partial charge in [-0.2, -0.15) is 4.31 Å². The van der Waals surface area contributed by atoms with Crippen molar-refractivity contribution in [3.8, 4) is 0 Å². The lowest BCUT2D eigenvalue weighted by molar-refractivity contribution is -0.140. The van der Waals surface area contributed by atoms with Gasteiger partial charge in [-0.3, -0.25) is 4.79 Å². The standard InChI is InChI=1S/C12H19N3O5S/c1-3-4-14-7-11(13-8(14)2)21(19,20)15-6-9(16)5-10(15)12(17)18/h7,9-10,16H,3-6H2,1-2H3,(H,17,18)/t9?,10-/m0/s1. The van der Waals surface area contributed by atoms with Crippen LogP contribution in [0.25, 0.3) is 0 Å². The molecule has 0 bridgehead atoms. The van der Waals surface area contributed by atoms with E-state index in [-0.39, 0.29) is 18.0 Å². The second kappa shape index (κ2) is 5.74. The molecule has 1 aromatic heterocycles. The number of sulfonamides is 1. The molecule has 21 heavy (non-hydrogen) atoms. The molecule has 0 radical (unpaired) electrons. The van der Waals surface area contributed by atoms with Crippen molar-refractivity contribution in [2.24, 2.45) is 0 Å². The lowest BCUT2D eigenvalue weighted by atomic mass is 10.2. The number of aliphatic carboxylic acids is 1. The molecule has 2 atom stereocenters. The Bertz CT molecular complexity index is 639. The van der Waals surface area contributed by atoms with Crippen molar-refractivity contribution in [1.82, 2.24) is 13.9 Å². The van der Waals surface area contributed by atoms with E-state index in [9.17, 15) is 18.3 Å². The number of carbonyl (C=O) groups is 1.